The fraction of sp³-hybridized carbons (Fsp3) is 0.320. The first-order valence-electron chi connectivity index (χ1n) is 10.7. The summed E-state index contributed by atoms with van der Waals surface area (Å²) in [6, 6.07) is 17.6. The van der Waals surface area contributed by atoms with Crippen LogP contribution in [-0.2, 0) is 6.54 Å². The van der Waals surface area contributed by atoms with Crippen LogP contribution in [0.1, 0.15) is 59.4 Å². The van der Waals surface area contributed by atoms with E-state index in [1.165, 1.54) is 0 Å². The molecule has 0 aliphatic carbocycles. The van der Waals surface area contributed by atoms with Crippen molar-refractivity contribution in [1.29, 1.82) is 0 Å². The topological polar surface area (TPSA) is 75.6 Å². The largest absolute Gasteiger partial charge is 0.342 e. The number of aromatic nitrogens is 4. The molecule has 0 saturated carbocycles. The second-order valence-electron chi connectivity index (χ2n) is 8.58. The minimum Gasteiger partial charge on any atom is -0.342 e. The van der Waals surface area contributed by atoms with Gasteiger partial charge in [0.25, 0.3) is 5.91 Å². The van der Waals surface area contributed by atoms with E-state index in [9.17, 15) is 4.79 Å². The second kappa shape index (κ2) is 8.76. The van der Waals surface area contributed by atoms with Gasteiger partial charge in [-0.2, -0.15) is 5.10 Å². The van der Waals surface area contributed by atoms with E-state index in [0.29, 0.717) is 18.0 Å². The predicted molar refractivity (Wildman–Crippen MR) is 123 cm³/mol. The number of hydrogen-bond donors (Lipinski definition) is 2. The van der Waals surface area contributed by atoms with Crippen LogP contribution in [0.15, 0.2) is 54.6 Å². The van der Waals surface area contributed by atoms with Crippen LogP contribution >= 0.6 is 0 Å². The summed E-state index contributed by atoms with van der Waals surface area (Å²) in [7, 11) is 0. The summed E-state index contributed by atoms with van der Waals surface area (Å²) in [6.07, 6.45) is 0.803. The molecule has 2 aromatic heterocycles. The van der Waals surface area contributed by atoms with Gasteiger partial charge in [-0.15, -0.1) is 0 Å². The normalized spacial score (nSPS) is 12.4. The van der Waals surface area contributed by atoms with Gasteiger partial charge in [0, 0.05) is 11.3 Å². The van der Waals surface area contributed by atoms with Crippen molar-refractivity contribution in [2.45, 2.75) is 46.7 Å². The van der Waals surface area contributed by atoms with Gasteiger partial charge in [-0.05, 0) is 62.1 Å². The smallest absolute Gasteiger partial charge is 0.251 e. The van der Waals surface area contributed by atoms with Crippen molar-refractivity contribution in [2.75, 3.05) is 0 Å². The highest BCUT2D eigenvalue weighted by molar-refractivity contribution is 5.94. The molecule has 4 rings (SSSR count). The van der Waals surface area contributed by atoms with Crippen molar-refractivity contribution >= 4 is 16.9 Å². The highest BCUT2D eigenvalue weighted by Crippen LogP contribution is 2.22. The van der Waals surface area contributed by atoms with Crippen LogP contribution in [-0.4, -0.2) is 25.7 Å². The zero-order valence-corrected chi connectivity index (χ0v) is 18.5. The highest BCUT2D eigenvalue weighted by Gasteiger charge is 2.20. The number of para-hydroxylation sites is 2. The molecule has 0 aliphatic heterocycles. The third-order valence-corrected chi connectivity index (χ3v) is 5.38. The van der Waals surface area contributed by atoms with Gasteiger partial charge in [-0.25, -0.2) is 4.98 Å². The lowest BCUT2D eigenvalue weighted by Gasteiger charge is -2.19. The van der Waals surface area contributed by atoms with Crippen LogP contribution in [0.25, 0.3) is 11.0 Å². The Morgan fingerprint density at radius 1 is 1.10 bits per heavy atom. The maximum absolute atomic E-state index is 13.1. The average Bonchev–Trinajstić information content (AvgIpc) is 3.30. The summed E-state index contributed by atoms with van der Waals surface area (Å²) in [6.45, 7) is 8.97. The molecule has 31 heavy (non-hydrogen) atoms. The van der Waals surface area contributed by atoms with Gasteiger partial charge in [0.1, 0.15) is 5.82 Å². The van der Waals surface area contributed by atoms with Crippen molar-refractivity contribution < 1.29 is 4.79 Å². The van der Waals surface area contributed by atoms with E-state index in [4.69, 9.17) is 4.98 Å². The maximum Gasteiger partial charge on any atom is 0.251 e. The number of amides is 1. The number of imidazole rings is 1. The van der Waals surface area contributed by atoms with Crippen LogP contribution in [0.4, 0.5) is 0 Å². The van der Waals surface area contributed by atoms with E-state index in [-0.39, 0.29) is 11.9 Å². The van der Waals surface area contributed by atoms with Gasteiger partial charge >= 0.3 is 0 Å². The van der Waals surface area contributed by atoms with Gasteiger partial charge in [-0.3, -0.25) is 9.48 Å². The number of carbonyl (C=O) groups is 1. The Labute approximate surface area is 182 Å². The molecule has 6 nitrogen and oxygen atoms in total. The minimum absolute atomic E-state index is 0.0960. The molecule has 160 valence electrons. The number of carbonyl (C=O) groups excluding carboxylic acids is 1. The second-order valence-corrected chi connectivity index (χ2v) is 8.58. The molecule has 2 aromatic carbocycles. The molecule has 0 aliphatic rings. The number of benzene rings is 2. The zero-order valence-electron chi connectivity index (χ0n) is 18.5. The average molecular weight is 416 g/mol. The van der Waals surface area contributed by atoms with E-state index < -0.39 is 0 Å². The van der Waals surface area contributed by atoms with Crippen molar-refractivity contribution in [3.8, 4) is 0 Å². The summed E-state index contributed by atoms with van der Waals surface area (Å²) in [5.74, 6) is 1.11. The van der Waals surface area contributed by atoms with E-state index in [0.717, 1.165) is 40.2 Å². The van der Waals surface area contributed by atoms with Gasteiger partial charge < -0.3 is 10.3 Å². The van der Waals surface area contributed by atoms with Crippen molar-refractivity contribution in [2.24, 2.45) is 5.92 Å². The minimum atomic E-state index is -0.181. The number of H-pyrrole nitrogens is 1. The first-order valence-corrected chi connectivity index (χ1v) is 10.7. The Bertz CT molecular complexity index is 1170. The van der Waals surface area contributed by atoms with Crippen LogP contribution in [0.5, 0.6) is 0 Å². The fourth-order valence-electron chi connectivity index (χ4n) is 3.91. The molecule has 0 fully saturated rings. The summed E-state index contributed by atoms with van der Waals surface area (Å²) < 4.78 is 1.96. The molecule has 1 amide bonds. The molecule has 2 N–H and O–H groups in total. The molecule has 0 radical (unpaired) electrons. The summed E-state index contributed by atoms with van der Waals surface area (Å²) in [5, 5.41) is 7.72. The van der Waals surface area contributed by atoms with Gasteiger partial charge in [-0.1, -0.05) is 38.1 Å². The molecular weight excluding hydrogens is 386 g/mol. The number of hydrogen-bond acceptors (Lipinski definition) is 3. The van der Waals surface area contributed by atoms with E-state index in [2.05, 4.69) is 35.3 Å². The number of aromatic amines is 1. The lowest BCUT2D eigenvalue weighted by atomic mass is 10.0. The molecular formula is C25H29N5O. The highest BCUT2D eigenvalue weighted by atomic mass is 16.1. The molecule has 2 heterocycles. The van der Waals surface area contributed by atoms with Crippen LogP contribution in [0.2, 0.25) is 0 Å². The molecule has 0 bridgehead atoms. The third kappa shape index (κ3) is 4.85. The molecule has 1 atom stereocenters. The van der Waals surface area contributed by atoms with Crippen molar-refractivity contribution in [3.63, 3.8) is 0 Å². The van der Waals surface area contributed by atoms with Gasteiger partial charge in [0.2, 0.25) is 0 Å². The predicted octanol–water partition coefficient (Wildman–Crippen LogP) is 4.94. The maximum atomic E-state index is 13.1. The fourth-order valence-corrected chi connectivity index (χ4v) is 3.91. The summed E-state index contributed by atoms with van der Waals surface area (Å²) >= 11 is 0. The lowest BCUT2D eigenvalue weighted by molar-refractivity contribution is 0.0930. The van der Waals surface area contributed by atoms with Gasteiger partial charge in [0.15, 0.2) is 0 Å². The first kappa shape index (κ1) is 20.8. The van der Waals surface area contributed by atoms with Crippen molar-refractivity contribution in [1.82, 2.24) is 25.1 Å². The monoisotopic (exact) mass is 415 g/mol. The van der Waals surface area contributed by atoms with Gasteiger partial charge in [0.05, 0.1) is 29.3 Å². The summed E-state index contributed by atoms with van der Waals surface area (Å²) in [5.41, 5.74) is 5.68. The Kier molecular flexibility index (Phi) is 5.89. The van der Waals surface area contributed by atoms with Crippen LogP contribution in [0.3, 0.4) is 0 Å². The van der Waals surface area contributed by atoms with E-state index in [1.807, 2.05) is 67.1 Å². The molecule has 1 unspecified atom stereocenters. The van der Waals surface area contributed by atoms with Crippen LogP contribution < -0.4 is 5.32 Å². The Hall–Kier alpha value is -3.41. The Balaban J connectivity index is 1.55. The summed E-state index contributed by atoms with van der Waals surface area (Å²) in [4.78, 5) is 21.2. The molecule has 0 saturated heterocycles. The third-order valence-electron chi connectivity index (χ3n) is 5.38. The molecule has 4 aromatic rings. The number of nitrogens with one attached hydrogen (secondary N) is 2. The quantitative estimate of drug-likeness (QED) is 0.449. The first-order chi connectivity index (χ1) is 14.9. The zero-order chi connectivity index (χ0) is 22.0. The SMILES string of the molecule is Cc1cc(C)n(Cc2cccc(C(=O)NC(CC(C)C)c3nc4ccccc4[nH]3)c2)n1. The number of fused-ring (bicyclic) bond motifs is 1. The lowest BCUT2D eigenvalue weighted by Crippen LogP contribution is -2.30. The standard InChI is InChI=1S/C25H29N5O/c1-16(2)12-23(24-26-21-10-5-6-11-22(21)27-24)28-25(31)20-9-7-8-19(14-20)15-30-18(4)13-17(3)29-30/h5-11,13-14,16,23H,12,15H2,1-4H3,(H,26,27)(H,28,31). The number of aryl methyl sites for hydroxylation is 2. The Morgan fingerprint density at radius 3 is 2.61 bits per heavy atom. The van der Waals surface area contributed by atoms with E-state index >= 15 is 0 Å². The number of rotatable bonds is 7. The molecule has 6 heteroatoms. The Morgan fingerprint density at radius 2 is 1.90 bits per heavy atom. The number of nitrogens with zero attached hydrogens (tertiary/aromatic N) is 3. The van der Waals surface area contributed by atoms with E-state index in [1.54, 1.807) is 0 Å². The van der Waals surface area contributed by atoms with Crippen LogP contribution in [0, 0.1) is 19.8 Å². The molecule has 0 spiro atoms. The van der Waals surface area contributed by atoms with Crippen molar-refractivity contribution in [3.05, 3.63) is 82.9 Å².